The second-order valence-corrected chi connectivity index (χ2v) is 10.4. The number of nitrogens with zero attached hydrogens (tertiary/aromatic N) is 3. The standard InChI is InChI=1S/C33H33N3O5/c1-3-9-25-16-23(18-30(38-2)31(25)39-20-22-14-15-28-29(17-22)41-21-40-28)19-34-36-32(24-10-5-4-6-11-24)35-27-13-8-7-12-26(27)33(36)37/h3,7-8,12-19,24H,1,4-6,9-11,20-21H2,2H3. The fourth-order valence-electron chi connectivity index (χ4n) is 5.57. The summed E-state index contributed by atoms with van der Waals surface area (Å²) in [5.74, 6) is 3.58. The molecule has 1 aromatic heterocycles. The summed E-state index contributed by atoms with van der Waals surface area (Å²) in [7, 11) is 1.61. The summed E-state index contributed by atoms with van der Waals surface area (Å²) >= 11 is 0. The number of para-hydroxylation sites is 1. The number of ether oxygens (including phenoxy) is 4. The average molecular weight is 552 g/mol. The van der Waals surface area contributed by atoms with Gasteiger partial charge >= 0.3 is 0 Å². The van der Waals surface area contributed by atoms with Crippen LogP contribution in [-0.2, 0) is 13.0 Å². The van der Waals surface area contributed by atoms with Gasteiger partial charge in [0, 0.05) is 11.5 Å². The molecule has 0 amide bonds. The highest BCUT2D eigenvalue weighted by atomic mass is 16.7. The predicted octanol–water partition coefficient (Wildman–Crippen LogP) is 6.37. The van der Waals surface area contributed by atoms with Gasteiger partial charge in [-0.1, -0.05) is 43.5 Å². The summed E-state index contributed by atoms with van der Waals surface area (Å²) in [5, 5.41) is 5.26. The lowest BCUT2D eigenvalue weighted by Gasteiger charge is -2.22. The van der Waals surface area contributed by atoms with Gasteiger partial charge in [-0.25, -0.2) is 4.98 Å². The molecule has 8 nitrogen and oxygen atoms in total. The molecule has 1 aliphatic carbocycles. The number of hydrogen-bond acceptors (Lipinski definition) is 7. The van der Waals surface area contributed by atoms with Crippen molar-refractivity contribution >= 4 is 17.1 Å². The Labute approximate surface area is 238 Å². The normalized spacial score (nSPS) is 15.0. The topological polar surface area (TPSA) is 84.2 Å². The minimum Gasteiger partial charge on any atom is -0.493 e. The number of fused-ring (bicyclic) bond motifs is 2. The van der Waals surface area contributed by atoms with Crippen molar-refractivity contribution in [3.05, 3.63) is 100 Å². The third kappa shape index (κ3) is 5.55. The highest BCUT2D eigenvalue weighted by Crippen LogP contribution is 2.36. The molecule has 0 spiro atoms. The van der Waals surface area contributed by atoms with Crippen LogP contribution in [0.15, 0.2) is 77.1 Å². The van der Waals surface area contributed by atoms with E-state index in [1.165, 1.54) is 11.1 Å². The lowest BCUT2D eigenvalue weighted by Crippen LogP contribution is -2.25. The molecule has 0 bridgehead atoms. The maximum atomic E-state index is 13.6. The summed E-state index contributed by atoms with van der Waals surface area (Å²) in [6, 6.07) is 17.1. The van der Waals surface area contributed by atoms with Gasteiger partial charge in [-0.2, -0.15) is 9.78 Å². The molecule has 2 aliphatic rings. The maximum absolute atomic E-state index is 13.6. The van der Waals surface area contributed by atoms with Gasteiger partial charge in [-0.05, 0) is 66.8 Å². The molecule has 0 unspecified atom stereocenters. The number of aromatic nitrogens is 2. The highest BCUT2D eigenvalue weighted by molar-refractivity contribution is 5.82. The van der Waals surface area contributed by atoms with Gasteiger partial charge in [0.2, 0.25) is 6.79 Å². The Bertz CT molecular complexity index is 1670. The molecule has 1 aliphatic heterocycles. The molecule has 0 radical (unpaired) electrons. The van der Waals surface area contributed by atoms with Gasteiger partial charge < -0.3 is 18.9 Å². The molecule has 0 atom stereocenters. The minimum atomic E-state index is -0.158. The zero-order chi connectivity index (χ0) is 28.2. The van der Waals surface area contributed by atoms with Crippen LogP contribution in [-0.4, -0.2) is 29.8 Å². The van der Waals surface area contributed by atoms with Crippen LogP contribution in [0, 0.1) is 0 Å². The van der Waals surface area contributed by atoms with Crippen LogP contribution in [0.1, 0.15) is 60.5 Å². The molecule has 6 rings (SSSR count). The number of hydrogen-bond donors (Lipinski definition) is 0. The van der Waals surface area contributed by atoms with E-state index >= 15 is 0 Å². The maximum Gasteiger partial charge on any atom is 0.282 e. The summed E-state index contributed by atoms with van der Waals surface area (Å²) in [4.78, 5) is 18.5. The lowest BCUT2D eigenvalue weighted by molar-refractivity contribution is 0.174. The molecular weight excluding hydrogens is 518 g/mol. The number of rotatable bonds is 9. The van der Waals surface area contributed by atoms with Gasteiger partial charge in [-0.3, -0.25) is 4.79 Å². The molecule has 1 fully saturated rings. The van der Waals surface area contributed by atoms with Crippen molar-refractivity contribution in [3.8, 4) is 23.0 Å². The Morgan fingerprint density at radius 3 is 2.73 bits per heavy atom. The molecule has 0 saturated heterocycles. The molecule has 2 heterocycles. The molecule has 4 aromatic rings. The number of allylic oxidation sites excluding steroid dienone is 1. The van der Waals surface area contributed by atoms with E-state index < -0.39 is 0 Å². The van der Waals surface area contributed by atoms with Crippen molar-refractivity contribution in [2.45, 2.75) is 51.0 Å². The van der Waals surface area contributed by atoms with Crippen molar-refractivity contribution in [1.82, 2.24) is 9.66 Å². The quantitative estimate of drug-likeness (QED) is 0.178. The number of benzene rings is 3. The summed E-state index contributed by atoms with van der Waals surface area (Å²) in [5.41, 5.74) is 3.18. The monoisotopic (exact) mass is 551 g/mol. The van der Waals surface area contributed by atoms with Crippen LogP contribution in [0.3, 0.4) is 0 Å². The Hall–Kier alpha value is -4.59. The van der Waals surface area contributed by atoms with Crippen molar-refractivity contribution in [2.75, 3.05) is 13.9 Å². The largest absolute Gasteiger partial charge is 0.493 e. The molecule has 3 aromatic carbocycles. The average Bonchev–Trinajstić information content (AvgIpc) is 3.48. The van der Waals surface area contributed by atoms with Crippen molar-refractivity contribution < 1.29 is 18.9 Å². The zero-order valence-electron chi connectivity index (χ0n) is 23.2. The summed E-state index contributed by atoms with van der Waals surface area (Å²) in [6.07, 6.45) is 9.58. The fraction of sp³-hybridized carbons (Fsp3) is 0.303. The van der Waals surface area contributed by atoms with Crippen LogP contribution in [0.4, 0.5) is 0 Å². The van der Waals surface area contributed by atoms with Gasteiger partial charge in [0.25, 0.3) is 5.56 Å². The van der Waals surface area contributed by atoms with E-state index in [1.54, 1.807) is 19.4 Å². The first kappa shape index (κ1) is 26.6. The van der Waals surface area contributed by atoms with Crippen LogP contribution < -0.4 is 24.5 Å². The minimum absolute atomic E-state index is 0.158. The van der Waals surface area contributed by atoms with Gasteiger partial charge in [0.1, 0.15) is 12.4 Å². The van der Waals surface area contributed by atoms with Crippen LogP contribution in [0.25, 0.3) is 10.9 Å². The van der Waals surface area contributed by atoms with E-state index in [-0.39, 0.29) is 18.3 Å². The first-order chi connectivity index (χ1) is 20.1. The van der Waals surface area contributed by atoms with Crippen molar-refractivity contribution in [3.63, 3.8) is 0 Å². The fourth-order valence-corrected chi connectivity index (χ4v) is 5.57. The highest BCUT2D eigenvalue weighted by Gasteiger charge is 2.22. The van der Waals surface area contributed by atoms with E-state index in [0.717, 1.165) is 53.9 Å². The molecule has 1 saturated carbocycles. The molecular formula is C33H33N3O5. The lowest BCUT2D eigenvalue weighted by atomic mass is 9.88. The first-order valence-electron chi connectivity index (χ1n) is 14.0. The van der Waals surface area contributed by atoms with Crippen molar-refractivity contribution in [1.29, 1.82) is 0 Å². The van der Waals surface area contributed by atoms with E-state index in [9.17, 15) is 4.79 Å². The van der Waals surface area contributed by atoms with Crippen LogP contribution in [0.2, 0.25) is 0 Å². The third-order valence-electron chi connectivity index (χ3n) is 7.63. The predicted molar refractivity (Wildman–Crippen MR) is 159 cm³/mol. The Morgan fingerprint density at radius 1 is 1.07 bits per heavy atom. The molecule has 41 heavy (non-hydrogen) atoms. The van der Waals surface area contributed by atoms with E-state index in [1.807, 2.05) is 54.6 Å². The van der Waals surface area contributed by atoms with E-state index in [2.05, 4.69) is 6.58 Å². The van der Waals surface area contributed by atoms with Gasteiger partial charge in [0.05, 0.1) is 24.2 Å². The molecule has 210 valence electrons. The van der Waals surface area contributed by atoms with Crippen molar-refractivity contribution in [2.24, 2.45) is 5.10 Å². The summed E-state index contributed by atoms with van der Waals surface area (Å²) in [6.45, 7) is 4.48. The Morgan fingerprint density at radius 2 is 1.90 bits per heavy atom. The molecule has 0 N–H and O–H groups in total. The molecule has 8 heteroatoms. The Balaban J connectivity index is 1.34. The van der Waals surface area contributed by atoms with Crippen LogP contribution in [0.5, 0.6) is 23.0 Å². The van der Waals surface area contributed by atoms with E-state index in [0.29, 0.717) is 41.2 Å². The Kier molecular flexibility index (Phi) is 7.71. The van der Waals surface area contributed by atoms with Gasteiger partial charge in [0.15, 0.2) is 23.0 Å². The first-order valence-corrected chi connectivity index (χ1v) is 14.0. The third-order valence-corrected chi connectivity index (χ3v) is 7.63. The van der Waals surface area contributed by atoms with Crippen LogP contribution >= 0.6 is 0 Å². The van der Waals surface area contributed by atoms with E-state index in [4.69, 9.17) is 29.0 Å². The summed E-state index contributed by atoms with van der Waals surface area (Å²) < 4.78 is 24.4. The number of methoxy groups -OCH3 is 1. The second kappa shape index (κ2) is 11.9. The smallest absolute Gasteiger partial charge is 0.282 e. The van der Waals surface area contributed by atoms with Gasteiger partial charge in [-0.15, -0.1) is 6.58 Å². The second-order valence-electron chi connectivity index (χ2n) is 10.4. The SMILES string of the molecule is C=CCc1cc(C=Nn2c(C3CCCCC3)nc3ccccc3c2=O)cc(OC)c1OCc1ccc2c(c1)OCO2. The zero-order valence-corrected chi connectivity index (χ0v) is 23.2.